The number of nitrogens with zero attached hydrogens (tertiary/aromatic N) is 3. The second-order valence-electron chi connectivity index (χ2n) is 11.7. The molecule has 3 aromatic rings. The number of alkyl carbamates (subject to hydrolysis) is 1. The van der Waals surface area contributed by atoms with Crippen LogP contribution in [0.25, 0.3) is 0 Å². The van der Waals surface area contributed by atoms with E-state index in [1.165, 1.54) is 43.5 Å². The molecule has 0 saturated heterocycles. The number of hydrogen-bond acceptors (Lipinski definition) is 8. The zero-order chi connectivity index (χ0) is 34.2. The summed E-state index contributed by atoms with van der Waals surface area (Å²) in [4.78, 5) is 46.1. The van der Waals surface area contributed by atoms with E-state index in [4.69, 9.17) is 9.47 Å². The van der Waals surface area contributed by atoms with Crippen molar-refractivity contribution in [2.45, 2.75) is 69.7 Å². The van der Waals surface area contributed by atoms with E-state index in [-0.39, 0.29) is 34.9 Å². The van der Waals surface area contributed by atoms with Gasteiger partial charge in [0.25, 0.3) is 11.8 Å². The number of benzene rings is 1. The second kappa shape index (κ2) is 12.3. The van der Waals surface area contributed by atoms with Gasteiger partial charge in [0.2, 0.25) is 11.8 Å². The molecule has 1 aliphatic rings. The van der Waals surface area contributed by atoms with Gasteiger partial charge >= 0.3 is 12.3 Å². The highest BCUT2D eigenvalue weighted by atomic mass is 32.2. The Kier molecular flexibility index (Phi) is 9.17. The first-order valence-corrected chi connectivity index (χ1v) is 15.7. The minimum Gasteiger partial charge on any atom is -0.444 e. The molecule has 1 saturated carbocycles. The first-order valence-electron chi connectivity index (χ1n) is 13.8. The first kappa shape index (κ1) is 34.3. The summed E-state index contributed by atoms with van der Waals surface area (Å²) in [5.41, 5.74) is -4.34. The lowest BCUT2D eigenvalue weighted by atomic mass is 10.0. The van der Waals surface area contributed by atoms with Crippen LogP contribution < -0.4 is 15.4 Å². The van der Waals surface area contributed by atoms with Crippen LogP contribution in [0.15, 0.2) is 51.9 Å². The summed E-state index contributed by atoms with van der Waals surface area (Å²) in [5.74, 6) is -3.23. The highest BCUT2D eigenvalue weighted by Crippen LogP contribution is 2.39. The van der Waals surface area contributed by atoms with E-state index >= 15 is 0 Å². The zero-order valence-corrected chi connectivity index (χ0v) is 26.5. The van der Waals surface area contributed by atoms with Gasteiger partial charge in [-0.2, -0.15) is 21.9 Å². The molecule has 11 nitrogen and oxygen atoms in total. The number of pyridine rings is 2. The van der Waals surface area contributed by atoms with Crippen LogP contribution >= 0.6 is 0 Å². The van der Waals surface area contributed by atoms with E-state index < -0.39 is 73.5 Å². The van der Waals surface area contributed by atoms with Crippen molar-refractivity contribution in [3.63, 3.8) is 0 Å². The Morgan fingerprint density at radius 2 is 1.74 bits per heavy atom. The summed E-state index contributed by atoms with van der Waals surface area (Å²) in [5, 5.41) is 4.95. The molecular formula is C30H31F4N5O6S. The van der Waals surface area contributed by atoms with E-state index in [2.05, 4.69) is 25.0 Å². The number of aromatic nitrogens is 2. The van der Waals surface area contributed by atoms with Crippen LogP contribution in [-0.4, -0.2) is 49.5 Å². The standard InChI is InChI=1S/C30H31F4N5O6S/c1-16-20(30(32,33)34)15-35-25(44-21-10-11-22(31)36-17(21)2)23(16)24(40)37-18-8-7-9-19(14-18)46(6,43)39-26(41)29(12-13-29)38-27(42)45-28(3,4)5/h7-11,14-15H,12-13H2,1-6H3,(H,37,40)(H,38,42)/t46-/m1/s1. The lowest BCUT2D eigenvalue weighted by Gasteiger charge is -2.22. The molecule has 4 rings (SSSR count). The van der Waals surface area contributed by atoms with Crippen LogP contribution in [0.3, 0.4) is 0 Å². The SMILES string of the molecule is Cc1nc(F)ccc1Oc1ncc(C(F)(F)F)c(C)c1C(=O)Nc1cccc([S@@](C)(=O)=NC(=O)C2(NC(=O)OC(C)(C)C)CC2)c1. The summed E-state index contributed by atoms with van der Waals surface area (Å²) in [6, 6.07) is 7.60. The molecule has 0 bridgehead atoms. The molecule has 246 valence electrons. The van der Waals surface area contributed by atoms with Gasteiger partial charge in [-0.3, -0.25) is 9.59 Å². The Morgan fingerprint density at radius 1 is 1.07 bits per heavy atom. The summed E-state index contributed by atoms with van der Waals surface area (Å²) in [6.45, 7) is 7.45. The number of alkyl halides is 3. The van der Waals surface area contributed by atoms with Crippen LogP contribution in [0.5, 0.6) is 11.6 Å². The molecule has 1 fully saturated rings. The maximum atomic E-state index is 13.7. The van der Waals surface area contributed by atoms with Gasteiger partial charge in [0.15, 0.2) is 5.75 Å². The molecule has 0 aliphatic heterocycles. The van der Waals surface area contributed by atoms with E-state index in [9.17, 15) is 36.2 Å². The van der Waals surface area contributed by atoms with Crippen LogP contribution in [0.1, 0.15) is 60.8 Å². The van der Waals surface area contributed by atoms with Gasteiger partial charge in [0.05, 0.1) is 21.0 Å². The number of rotatable bonds is 7. The maximum Gasteiger partial charge on any atom is 0.418 e. The predicted molar refractivity (Wildman–Crippen MR) is 158 cm³/mol. The molecule has 0 unspecified atom stereocenters. The van der Waals surface area contributed by atoms with Crippen molar-refractivity contribution < 1.29 is 45.6 Å². The van der Waals surface area contributed by atoms with Crippen LogP contribution in [0.2, 0.25) is 0 Å². The Morgan fingerprint density at radius 3 is 2.33 bits per heavy atom. The van der Waals surface area contributed by atoms with Crippen molar-refractivity contribution in [3.05, 3.63) is 70.9 Å². The van der Waals surface area contributed by atoms with E-state index in [1.807, 2.05) is 0 Å². The lowest BCUT2D eigenvalue weighted by Crippen LogP contribution is -2.45. The normalized spacial score (nSPS) is 15.3. The van der Waals surface area contributed by atoms with Crippen LogP contribution in [0, 0.1) is 19.8 Å². The molecule has 2 heterocycles. The first-order chi connectivity index (χ1) is 21.2. The van der Waals surface area contributed by atoms with Gasteiger partial charge in [-0.05, 0) is 83.4 Å². The molecule has 0 radical (unpaired) electrons. The number of carbonyl (C=O) groups excluding carboxylic acids is 3. The van der Waals surface area contributed by atoms with Gasteiger partial charge in [-0.15, -0.1) is 0 Å². The van der Waals surface area contributed by atoms with Gasteiger partial charge in [-0.1, -0.05) is 6.07 Å². The molecule has 3 amide bonds. The molecule has 0 spiro atoms. The van der Waals surface area contributed by atoms with E-state index in [1.54, 1.807) is 20.8 Å². The Bertz CT molecular complexity index is 1840. The number of anilines is 1. The number of carbonyl (C=O) groups is 3. The van der Waals surface area contributed by atoms with Crippen molar-refractivity contribution >= 4 is 33.3 Å². The smallest absolute Gasteiger partial charge is 0.418 e. The van der Waals surface area contributed by atoms with Crippen molar-refractivity contribution in [1.29, 1.82) is 0 Å². The number of halogens is 4. The summed E-state index contributed by atoms with van der Waals surface area (Å²) in [7, 11) is -3.43. The van der Waals surface area contributed by atoms with E-state index in [0.717, 1.165) is 13.0 Å². The summed E-state index contributed by atoms with van der Waals surface area (Å²) >= 11 is 0. The van der Waals surface area contributed by atoms with Crippen LogP contribution in [0.4, 0.5) is 28.0 Å². The van der Waals surface area contributed by atoms with Crippen LogP contribution in [-0.2, 0) is 25.4 Å². The Labute approximate surface area is 262 Å². The molecule has 46 heavy (non-hydrogen) atoms. The van der Waals surface area contributed by atoms with Gasteiger partial charge in [0.1, 0.15) is 16.7 Å². The lowest BCUT2D eigenvalue weighted by molar-refractivity contribution is -0.138. The van der Waals surface area contributed by atoms with Crippen molar-refractivity contribution in [2.24, 2.45) is 4.36 Å². The fourth-order valence-electron chi connectivity index (χ4n) is 4.26. The number of aryl methyl sites for hydroxylation is 1. The summed E-state index contributed by atoms with van der Waals surface area (Å²) in [6.07, 6.45) is -3.43. The minimum absolute atomic E-state index is 0.00938. The largest absolute Gasteiger partial charge is 0.444 e. The van der Waals surface area contributed by atoms with Crippen molar-refractivity contribution in [3.8, 4) is 11.6 Å². The number of nitrogens with one attached hydrogen (secondary N) is 2. The quantitative estimate of drug-likeness (QED) is 0.220. The van der Waals surface area contributed by atoms with Crippen molar-refractivity contribution in [2.75, 3.05) is 11.6 Å². The maximum absolute atomic E-state index is 13.7. The molecule has 2 aromatic heterocycles. The van der Waals surface area contributed by atoms with Gasteiger partial charge < -0.3 is 20.1 Å². The highest BCUT2D eigenvalue weighted by molar-refractivity contribution is 7.93. The number of ether oxygens (including phenoxy) is 2. The summed E-state index contributed by atoms with van der Waals surface area (Å²) < 4.78 is 83.0. The predicted octanol–water partition coefficient (Wildman–Crippen LogP) is 6.34. The third-order valence-corrected chi connectivity index (χ3v) is 8.37. The van der Waals surface area contributed by atoms with E-state index in [0.29, 0.717) is 6.20 Å². The molecule has 1 aliphatic carbocycles. The third kappa shape index (κ3) is 7.97. The van der Waals surface area contributed by atoms with Gasteiger partial charge in [0, 0.05) is 23.0 Å². The third-order valence-electron chi connectivity index (χ3n) is 6.73. The monoisotopic (exact) mass is 665 g/mol. The minimum atomic E-state index is -4.85. The number of amides is 3. The topological polar surface area (TPSA) is 149 Å². The fraction of sp³-hybridized carbons (Fsp3) is 0.367. The average Bonchev–Trinajstić information content (AvgIpc) is 3.69. The Balaban J connectivity index is 1.63. The number of hydrogen-bond donors (Lipinski definition) is 2. The molecule has 1 aromatic carbocycles. The highest BCUT2D eigenvalue weighted by Gasteiger charge is 2.52. The fourth-order valence-corrected chi connectivity index (χ4v) is 5.53. The molecule has 16 heteroatoms. The second-order valence-corrected chi connectivity index (χ2v) is 13.9. The average molecular weight is 666 g/mol. The van der Waals surface area contributed by atoms with Crippen molar-refractivity contribution in [1.82, 2.24) is 15.3 Å². The zero-order valence-electron chi connectivity index (χ0n) is 25.7. The Hall–Kier alpha value is -4.60. The molecule has 2 N–H and O–H groups in total. The molecular weight excluding hydrogens is 634 g/mol. The van der Waals surface area contributed by atoms with Gasteiger partial charge in [-0.25, -0.2) is 19.0 Å². The molecule has 1 atom stereocenters.